The zero-order chi connectivity index (χ0) is 16.0. The third kappa shape index (κ3) is 4.48. The minimum Gasteiger partial charge on any atom is -0.478 e. The Labute approximate surface area is 126 Å². The van der Waals surface area contributed by atoms with Gasteiger partial charge in [0.15, 0.2) is 0 Å². The summed E-state index contributed by atoms with van der Waals surface area (Å²) in [5.74, 6) is -0.933. The average Bonchev–Trinajstić information content (AvgIpc) is 2.45. The number of carbonyl (C=O) groups excluding carboxylic acids is 1. The molecule has 0 bridgehead atoms. The number of urea groups is 1. The van der Waals surface area contributed by atoms with Gasteiger partial charge in [0, 0.05) is 26.2 Å². The quantitative estimate of drug-likeness (QED) is 0.877. The second kappa shape index (κ2) is 7.67. The van der Waals surface area contributed by atoms with Crippen molar-refractivity contribution in [1.29, 1.82) is 0 Å². The van der Waals surface area contributed by atoms with Crippen LogP contribution in [0.5, 0.6) is 0 Å². The van der Waals surface area contributed by atoms with Crippen LogP contribution in [0.4, 0.5) is 4.79 Å². The van der Waals surface area contributed by atoms with Gasteiger partial charge in [-0.2, -0.15) is 0 Å². The van der Waals surface area contributed by atoms with Crippen molar-refractivity contribution >= 4 is 12.0 Å². The summed E-state index contributed by atoms with van der Waals surface area (Å²) in [6, 6.07) is 7.03. The first-order chi connectivity index (χ1) is 9.88. The van der Waals surface area contributed by atoms with E-state index in [9.17, 15) is 9.59 Å². The molecule has 1 aromatic carbocycles. The van der Waals surface area contributed by atoms with Gasteiger partial charge in [0.25, 0.3) is 0 Å². The zero-order valence-corrected chi connectivity index (χ0v) is 13.2. The molecule has 21 heavy (non-hydrogen) atoms. The molecule has 116 valence electrons. The summed E-state index contributed by atoms with van der Waals surface area (Å²) in [5, 5.41) is 9.15. The SMILES string of the molecule is CCN(C(=O)N(C)CCc1ccccc1C(=O)O)C(C)C. The molecule has 0 aromatic heterocycles. The van der Waals surface area contributed by atoms with Gasteiger partial charge in [0.05, 0.1) is 5.56 Å². The Balaban J connectivity index is 2.71. The molecule has 0 unspecified atom stereocenters. The maximum atomic E-state index is 12.3. The fourth-order valence-corrected chi connectivity index (χ4v) is 2.27. The van der Waals surface area contributed by atoms with Crippen molar-refractivity contribution in [3.63, 3.8) is 0 Å². The summed E-state index contributed by atoms with van der Waals surface area (Å²) in [7, 11) is 1.75. The van der Waals surface area contributed by atoms with E-state index in [2.05, 4.69) is 0 Å². The van der Waals surface area contributed by atoms with Crippen molar-refractivity contribution < 1.29 is 14.7 Å². The lowest BCUT2D eigenvalue weighted by atomic mass is 10.0. The highest BCUT2D eigenvalue weighted by molar-refractivity contribution is 5.89. The van der Waals surface area contributed by atoms with Crippen molar-refractivity contribution in [3.05, 3.63) is 35.4 Å². The number of carboxylic acid groups (broad SMARTS) is 1. The molecular weight excluding hydrogens is 268 g/mol. The Morgan fingerprint density at radius 1 is 1.24 bits per heavy atom. The van der Waals surface area contributed by atoms with E-state index in [-0.39, 0.29) is 12.1 Å². The number of hydrogen-bond donors (Lipinski definition) is 1. The maximum absolute atomic E-state index is 12.3. The van der Waals surface area contributed by atoms with Crippen molar-refractivity contribution in [2.45, 2.75) is 33.2 Å². The number of carbonyl (C=O) groups is 2. The summed E-state index contributed by atoms with van der Waals surface area (Å²) in [4.78, 5) is 26.9. The fourth-order valence-electron chi connectivity index (χ4n) is 2.27. The van der Waals surface area contributed by atoms with E-state index in [0.29, 0.717) is 25.1 Å². The molecular formula is C16H24N2O3. The Morgan fingerprint density at radius 3 is 2.38 bits per heavy atom. The van der Waals surface area contributed by atoms with E-state index >= 15 is 0 Å². The lowest BCUT2D eigenvalue weighted by molar-refractivity contribution is 0.0695. The molecule has 0 aliphatic rings. The lowest BCUT2D eigenvalue weighted by Gasteiger charge is -2.30. The Hall–Kier alpha value is -2.04. The van der Waals surface area contributed by atoms with Gasteiger partial charge >= 0.3 is 12.0 Å². The average molecular weight is 292 g/mol. The van der Waals surface area contributed by atoms with Crippen LogP contribution in [0.1, 0.15) is 36.7 Å². The number of nitrogens with zero attached hydrogens (tertiary/aromatic N) is 2. The van der Waals surface area contributed by atoms with Crippen LogP contribution >= 0.6 is 0 Å². The van der Waals surface area contributed by atoms with Crippen LogP contribution in [0, 0.1) is 0 Å². The predicted octanol–water partition coefficient (Wildman–Crippen LogP) is 2.71. The number of aromatic carboxylic acids is 1. The Bertz CT molecular complexity index is 500. The third-order valence-electron chi connectivity index (χ3n) is 3.50. The monoisotopic (exact) mass is 292 g/mol. The molecule has 0 saturated carbocycles. The van der Waals surface area contributed by atoms with Crippen molar-refractivity contribution in [2.24, 2.45) is 0 Å². The number of rotatable bonds is 6. The van der Waals surface area contributed by atoms with Gasteiger partial charge in [0.1, 0.15) is 0 Å². The second-order valence-corrected chi connectivity index (χ2v) is 5.30. The first kappa shape index (κ1) is 17.0. The molecule has 0 spiro atoms. The molecule has 0 heterocycles. The Morgan fingerprint density at radius 2 is 1.86 bits per heavy atom. The summed E-state index contributed by atoms with van der Waals surface area (Å²) in [6.45, 7) is 7.06. The molecule has 0 atom stereocenters. The van der Waals surface area contributed by atoms with Gasteiger partial charge in [-0.05, 0) is 38.8 Å². The second-order valence-electron chi connectivity index (χ2n) is 5.30. The Kier molecular flexibility index (Phi) is 6.21. The number of carboxylic acids is 1. The normalized spacial score (nSPS) is 10.5. The summed E-state index contributed by atoms with van der Waals surface area (Å²) in [6.07, 6.45) is 0.528. The fraction of sp³-hybridized carbons (Fsp3) is 0.500. The third-order valence-corrected chi connectivity index (χ3v) is 3.50. The number of likely N-dealkylation sites (N-methyl/N-ethyl adjacent to an activating group) is 1. The highest BCUT2D eigenvalue weighted by Gasteiger charge is 2.19. The van der Waals surface area contributed by atoms with Gasteiger partial charge in [-0.3, -0.25) is 0 Å². The van der Waals surface area contributed by atoms with Gasteiger partial charge < -0.3 is 14.9 Å². The molecule has 0 aliphatic heterocycles. The standard InChI is InChI=1S/C16H24N2O3/c1-5-18(12(2)3)16(21)17(4)11-10-13-8-6-7-9-14(13)15(19)20/h6-9,12H,5,10-11H2,1-4H3,(H,19,20). The van der Waals surface area contributed by atoms with E-state index < -0.39 is 5.97 Å². The van der Waals surface area contributed by atoms with Crippen molar-refractivity contribution in [3.8, 4) is 0 Å². The molecule has 0 aliphatic carbocycles. The number of amides is 2. The van der Waals surface area contributed by atoms with Crippen molar-refractivity contribution in [2.75, 3.05) is 20.1 Å². The van der Waals surface area contributed by atoms with Crippen molar-refractivity contribution in [1.82, 2.24) is 9.80 Å². The van der Waals surface area contributed by atoms with Gasteiger partial charge in [0.2, 0.25) is 0 Å². The maximum Gasteiger partial charge on any atom is 0.335 e. The number of benzene rings is 1. The summed E-state index contributed by atoms with van der Waals surface area (Å²) >= 11 is 0. The van der Waals surface area contributed by atoms with Gasteiger partial charge in [-0.1, -0.05) is 18.2 Å². The molecule has 1 rings (SSSR count). The molecule has 5 heteroatoms. The lowest BCUT2D eigenvalue weighted by Crippen LogP contribution is -2.45. The van der Waals surface area contributed by atoms with Gasteiger partial charge in [-0.15, -0.1) is 0 Å². The van der Waals surface area contributed by atoms with Crippen LogP contribution in [-0.4, -0.2) is 53.1 Å². The van der Waals surface area contributed by atoms with E-state index in [1.165, 1.54) is 0 Å². The highest BCUT2D eigenvalue weighted by Crippen LogP contribution is 2.11. The van der Waals surface area contributed by atoms with Crippen LogP contribution in [0.3, 0.4) is 0 Å². The molecule has 0 fully saturated rings. The molecule has 1 N–H and O–H groups in total. The molecule has 2 amide bonds. The van der Waals surface area contributed by atoms with Crippen LogP contribution in [0.25, 0.3) is 0 Å². The minimum absolute atomic E-state index is 0.0275. The molecule has 1 aromatic rings. The van der Waals surface area contributed by atoms with Gasteiger partial charge in [-0.25, -0.2) is 9.59 Å². The van der Waals surface area contributed by atoms with E-state index in [1.807, 2.05) is 26.8 Å². The largest absolute Gasteiger partial charge is 0.478 e. The van der Waals surface area contributed by atoms with Crippen LogP contribution in [0.15, 0.2) is 24.3 Å². The first-order valence-corrected chi connectivity index (χ1v) is 7.21. The minimum atomic E-state index is -0.933. The highest BCUT2D eigenvalue weighted by atomic mass is 16.4. The molecule has 5 nitrogen and oxygen atoms in total. The van der Waals surface area contributed by atoms with Crippen LogP contribution < -0.4 is 0 Å². The van der Waals surface area contributed by atoms with E-state index in [0.717, 1.165) is 5.56 Å². The topological polar surface area (TPSA) is 60.9 Å². The number of hydrogen-bond acceptors (Lipinski definition) is 2. The predicted molar refractivity (Wildman–Crippen MR) is 82.6 cm³/mol. The summed E-state index contributed by atoms with van der Waals surface area (Å²) < 4.78 is 0. The van der Waals surface area contributed by atoms with E-state index in [1.54, 1.807) is 35.0 Å². The molecule has 0 radical (unpaired) electrons. The van der Waals surface area contributed by atoms with E-state index in [4.69, 9.17) is 5.11 Å². The summed E-state index contributed by atoms with van der Waals surface area (Å²) in [5.41, 5.74) is 1.05. The molecule has 0 saturated heterocycles. The zero-order valence-electron chi connectivity index (χ0n) is 13.2. The van der Waals surface area contributed by atoms with Crippen LogP contribution in [-0.2, 0) is 6.42 Å². The first-order valence-electron chi connectivity index (χ1n) is 7.21. The van der Waals surface area contributed by atoms with Crippen LogP contribution in [0.2, 0.25) is 0 Å². The smallest absolute Gasteiger partial charge is 0.335 e.